The summed E-state index contributed by atoms with van der Waals surface area (Å²) in [7, 11) is 1.30. The number of methoxy groups -OCH3 is 1. The van der Waals surface area contributed by atoms with Gasteiger partial charge in [0.25, 0.3) is 0 Å². The number of aromatic nitrogens is 4. The molecule has 162 valence electrons. The number of hydrogen-bond donors (Lipinski definition) is 1. The van der Waals surface area contributed by atoms with E-state index in [-0.39, 0.29) is 16.9 Å². The fraction of sp³-hybridized carbons (Fsp3) is 0.261. The monoisotopic (exact) mass is 448 g/mol. The fourth-order valence-corrected chi connectivity index (χ4v) is 3.95. The number of hydrogen-bond acceptors (Lipinski definition) is 7. The van der Waals surface area contributed by atoms with Crippen molar-refractivity contribution in [1.82, 2.24) is 19.4 Å². The minimum absolute atomic E-state index is 0.111. The Kier molecular flexibility index (Phi) is 5.68. The van der Waals surface area contributed by atoms with Crippen LogP contribution in [0.1, 0.15) is 53.0 Å². The Morgan fingerprint density at radius 3 is 2.78 bits per heavy atom. The van der Waals surface area contributed by atoms with E-state index in [4.69, 9.17) is 21.3 Å². The Morgan fingerprint density at radius 1 is 1.31 bits per heavy atom. The number of anilines is 1. The van der Waals surface area contributed by atoms with E-state index >= 15 is 0 Å². The molecule has 0 bridgehead atoms. The molecule has 0 aliphatic heterocycles. The third-order valence-electron chi connectivity index (χ3n) is 5.26. The predicted octanol–water partition coefficient (Wildman–Crippen LogP) is 4.63. The van der Waals surface area contributed by atoms with Gasteiger partial charge in [0.2, 0.25) is 0 Å². The molecule has 0 saturated heterocycles. The molecule has 3 aromatic heterocycles. The molecule has 0 aliphatic carbocycles. The predicted molar refractivity (Wildman–Crippen MR) is 122 cm³/mol. The number of aryl methyl sites for hydroxylation is 2. The number of pyridine rings is 1. The molecular weight excluding hydrogens is 428 g/mol. The van der Waals surface area contributed by atoms with E-state index in [1.807, 2.05) is 31.2 Å². The lowest BCUT2D eigenvalue weighted by atomic mass is 10.0. The first-order chi connectivity index (χ1) is 15.4. The zero-order chi connectivity index (χ0) is 23.0. The van der Waals surface area contributed by atoms with Crippen molar-refractivity contribution >= 4 is 39.8 Å². The third-order valence-corrected chi connectivity index (χ3v) is 5.47. The van der Waals surface area contributed by atoms with Gasteiger partial charge in [-0.05, 0) is 37.6 Å². The normalized spacial score (nSPS) is 12.0. The molecular formula is C23H21ClN6O2. The second-order valence-corrected chi connectivity index (χ2v) is 7.84. The number of carbonyl (C=O) groups is 1. The second-order valence-electron chi connectivity index (χ2n) is 7.45. The molecule has 0 saturated carbocycles. The molecule has 1 aromatic carbocycles. The molecule has 0 fully saturated rings. The average Bonchev–Trinajstić information content (AvgIpc) is 3.23. The highest BCUT2D eigenvalue weighted by atomic mass is 35.5. The van der Waals surface area contributed by atoms with Gasteiger partial charge in [0, 0.05) is 23.6 Å². The summed E-state index contributed by atoms with van der Waals surface area (Å²) < 4.78 is 6.73. The highest BCUT2D eigenvalue weighted by Crippen LogP contribution is 2.31. The van der Waals surface area contributed by atoms with Crippen LogP contribution in [0.3, 0.4) is 0 Å². The lowest BCUT2D eigenvalue weighted by Gasteiger charge is -2.20. The summed E-state index contributed by atoms with van der Waals surface area (Å²) in [5, 5.41) is 13.7. The summed E-state index contributed by atoms with van der Waals surface area (Å²) in [6, 6.07) is 9.27. The molecule has 0 amide bonds. The van der Waals surface area contributed by atoms with Crippen molar-refractivity contribution in [3.8, 4) is 6.07 Å². The number of imidazole rings is 1. The van der Waals surface area contributed by atoms with Crippen LogP contribution in [-0.4, -0.2) is 32.4 Å². The lowest BCUT2D eigenvalue weighted by Crippen LogP contribution is -2.14. The van der Waals surface area contributed by atoms with E-state index in [1.165, 1.54) is 7.11 Å². The van der Waals surface area contributed by atoms with Crippen molar-refractivity contribution in [2.45, 2.75) is 33.2 Å². The van der Waals surface area contributed by atoms with Crippen LogP contribution in [0.15, 0.2) is 30.5 Å². The van der Waals surface area contributed by atoms with E-state index in [2.05, 4.69) is 27.4 Å². The summed E-state index contributed by atoms with van der Waals surface area (Å²) in [6.45, 7) is 5.99. The maximum absolute atomic E-state index is 12.2. The summed E-state index contributed by atoms with van der Waals surface area (Å²) in [5.74, 6) is 0.230. The molecule has 4 rings (SSSR count). The van der Waals surface area contributed by atoms with Crippen molar-refractivity contribution in [3.63, 3.8) is 0 Å². The third kappa shape index (κ3) is 3.72. The number of carbonyl (C=O) groups excluding carboxylic acids is 1. The summed E-state index contributed by atoms with van der Waals surface area (Å²) >= 11 is 5.98. The van der Waals surface area contributed by atoms with Crippen molar-refractivity contribution < 1.29 is 9.53 Å². The van der Waals surface area contributed by atoms with Crippen molar-refractivity contribution in [1.29, 1.82) is 5.26 Å². The second kappa shape index (κ2) is 8.44. The van der Waals surface area contributed by atoms with Gasteiger partial charge in [0.15, 0.2) is 11.4 Å². The first-order valence-electron chi connectivity index (χ1n) is 10.1. The Bertz CT molecular complexity index is 1410. The molecule has 9 heteroatoms. The van der Waals surface area contributed by atoms with Gasteiger partial charge in [-0.2, -0.15) is 5.26 Å². The maximum Gasteiger partial charge on any atom is 0.358 e. The van der Waals surface area contributed by atoms with Crippen LogP contribution in [0, 0.1) is 18.3 Å². The minimum atomic E-state index is -0.578. The quantitative estimate of drug-likeness (QED) is 0.350. The Balaban J connectivity index is 1.88. The van der Waals surface area contributed by atoms with Crippen molar-refractivity contribution in [3.05, 3.63) is 64.0 Å². The first-order valence-corrected chi connectivity index (χ1v) is 10.5. The molecule has 3 heterocycles. The Hall–Kier alpha value is -3.70. The minimum Gasteiger partial charge on any atom is -0.464 e. The smallest absolute Gasteiger partial charge is 0.358 e. The lowest BCUT2D eigenvalue weighted by molar-refractivity contribution is 0.0595. The molecule has 8 nitrogen and oxygen atoms in total. The van der Waals surface area contributed by atoms with Crippen LogP contribution >= 0.6 is 11.6 Å². The van der Waals surface area contributed by atoms with Gasteiger partial charge in [-0.3, -0.25) is 4.40 Å². The Labute approximate surface area is 189 Å². The van der Waals surface area contributed by atoms with Crippen LogP contribution in [0.4, 0.5) is 5.69 Å². The van der Waals surface area contributed by atoms with Crippen LogP contribution in [-0.2, 0) is 11.2 Å². The summed E-state index contributed by atoms with van der Waals surface area (Å²) in [5.41, 5.74) is 4.41. The zero-order valence-corrected chi connectivity index (χ0v) is 18.9. The standard InChI is InChI=1S/C23H21ClN6O2/c1-5-19-29-20-15(8-12(2)9-16(20)22-27-14(10-25)11-30(19)22)13(3)26-17-6-7-18(24)28-21(17)23(31)32-4/h6-9,11,13,26H,5H2,1-4H3/t13-/m1/s1. The molecule has 0 radical (unpaired) electrons. The van der Waals surface area contributed by atoms with Crippen LogP contribution in [0.5, 0.6) is 0 Å². The van der Waals surface area contributed by atoms with E-state index in [0.717, 1.165) is 27.9 Å². The number of ether oxygens (including phenoxy) is 1. The number of nitrogens with zero attached hydrogens (tertiary/aromatic N) is 5. The Morgan fingerprint density at radius 2 is 2.09 bits per heavy atom. The molecule has 1 N–H and O–H groups in total. The average molecular weight is 449 g/mol. The molecule has 0 aliphatic rings. The molecule has 0 spiro atoms. The number of halogens is 1. The zero-order valence-electron chi connectivity index (χ0n) is 18.1. The number of rotatable bonds is 5. The van der Waals surface area contributed by atoms with E-state index in [0.29, 0.717) is 23.4 Å². The van der Waals surface area contributed by atoms with Gasteiger partial charge in [-0.15, -0.1) is 0 Å². The number of nitrogens with one attached hydrogen (secondary N) is 1. The highest BCUT2D eigenvalue weighted by Gasteiger charge is 2.20. The van der Waals surface area contributed by atoms with Gasteiger partial charge >= 0.3 is 5.97 Å². The van der Waals surface area contributed by atoms with Crippen LogP contribution in [0.25, 0.3) is 16.6 Å². The number of nitriles is 1. The summed E-state index contributed by atoms with van der Waals surface area (Å²) in [6.07, 6.45) is 2.39. The number of fused-ring (bicyclic) bond motifs is 3. The number of esters is 1. The summed E-state index contributed by atoms with van der Waals surface area (Å²) in [4.78, 5) is 25.7. The van der Waals surface area contributed by atoms with Crippen LogP contribution < -0.4 is 5.32 Å². The van der Waals surface area contributed by atoms with Crippen molar-refractivity contribution in [2.24, 2.45) is 0 Å². The highest BCUT2D eigenvalue weighted by molar-refractivity contribution is 6.29. The van der Waals surface area contributed by atoms with Gasteiger partial charge in [0.1, 0.15) is 22.7 Å². The van der Waals surface area contributed by atoms with Gasteiger partial charge in [0.05, 0.1) is 24.4 Å². The SMILES string of the molecule is CCc1nc2c([C@@H](C)Nc3ccc(Cl)nc3C(=O)OC)cc(C)cc2c2nc(C#N)cn12. The first kappa shape index (κ1) is 21.5. The largest absolute Gasteiger partial charge is 0.464 e. The maximum atomic E-state index is 12.2. The van der Waals surface area contributed by atoms with Gasteiger partial charge in [-0.1, -0.05) is 24.6 Å². The topological polar surface area (TPSA) is 105 Å². The van der Waals surface area contributed by atoms with Gasteiger partial charge in [-0.25, -0.2) is 19.7 Å². The molecule has 32 heavy (non-hydrogen) atoms. The van der Waals surface area contributed by atoms with Crippen LogP contribution in [0.2, 0.25) is 5.15 Å². The van der Waals surface area contributed by atoms with Crippen molar-refractivity contribution in [2.75, 3.05) is 12.4 Å². The molecule has 0 unspecified atom stereocenters. The van der Waals surface area contributed by atoms with E-state index in [1.54, 1.807) is 18.3 Å². The molecule has 4 aromatic rings. The number of benzene rings is 1. The van der Waals surface area contributed by atoms with Gasteiger partial charge < -0.3 is 10.1 Å². The fourth-order valence-electron chi connectivity index (χ4n) is 3.80. The molecule has 1 atom stereocenters. The van der Waals surface area contributed by atoms with E-state index in [9.17, 15) is 10.1 Å². The van der Waals surface area contributed by atoms with E-state index < -0.39 is 5.97 Å².